The van der Waals surface area contributed by atoms with Crippen LogP contribution in [0.1, 0.15) is 18.1 Å². The molecule has 0 atom stereocenters. The van der Waals surface area contributed by atoms with Crippen molar-refractivity contribution >= 4 is 11.6 Å². The average Bonchev–Trinajstić information content (AvgIpc) is 2.38. The first-order valence-corrected chi connectivity index (χ1v) is 5.70. The summed E-state index contributed by atoms with van der Waals surface area (Å²) in [6.07, 6.45) is 6.51. The van der Waals surface area contributed by atoms with E-state index in [0.29, 0.717) is 5.57 Å². The lowest BCUT2D eigenvalue weighted by atomic mass is 10.00. The van der Waals surface area contributed by atoms with Gasteiger partial charge in [0.05, 0.1) is 0 Å². The molecule has 0 aromatic heterocycles. The zero-order valence-electron chi connectivity index (χ0n) is 10.6. The molecule has 0 aliphatic heterocycles. The lowest BCUT2D eigenvalue weighted by Gasteiger charge is -2.06. The van der Waals surface area contributed by atoms with Crippen LogP contribution in [-0.2, 0) is 0 Å². The number of rotatable bonds is 5. The normalized spacial score (nSPS) is 11.6. The molecule has 0 saturated heterocycles. The molecule has 0 unspecified atom stereocenters. The molecule has 92 valence electrons. The second-order valence-corrected chi connectivity index (χ2v) is 3.83. The van der Waals surface area contributed by atoms with Crippen LogP contribution in [0.4, 0.5) is 4.39 Å². The van der Waals surface area contributed by atoms with Gasteiger partial charge in [0.1, 0.15) is 5.83 Å². The Hall–Kier alpha value is -2.15. The average molecular weight is 240 g/mol. The van der Waals surface area contributed by atoms with E-state index in [-0.39, 0.29) is 5.83 Å². The molecule has 1 aromatic rings. The molecule has 0 spiro atoms. The lowest BCUT2D eigenvalue weighted by molar-refractivity contribution is 0.665. The molecule has 1 heteroatoms. The topological polar surface area (TPSA) is 0 Å². The van der Waals surface area contributed by atoms with Crippen molar-refractivity contribution in [2.75, 3.05) is 0 Å². The summed E-state index contributed by atoms with van der Waals surface area (Å²) >= 11 is 0. The minimum atomic E-state index is -0.350. The van der Waals surface area contributed by atoms with E-state index >= 15 is 0 Å². The van der Waals surface area contributed by atoms with E-state index in [1.807, 2.05) is 31.2 Å². The van der Waals surface area contributed by atoms with Crippen LogP contribution in [0.2, 0.25) is 0 Å². The van der Waals surface area contributed by atoms with Crippen molar-refractivity contribution < 1.29 is 4.39 Å². The van der Waals surface area contributed by atoms with Gasteiger partial charge in [-0.15, -0.1) is 0 Å². The van der Waals surface area contributed by atoms with E-state index < -0.39 is 0 Å². The van der Waals surface area contributed by atoms with Crippen LogP contribution < -0.4 is 0 Å². The maximum absolute atomic E-state index is 13.9. The molecule has 1 aromatic carbocycles. The monoisotopic (exact) mass is 240 g/mol. The molecule has 0 aliphatic carbocycles. The lowest BCUT2D eigenvalue weighted by Crippen LogP contribution is -1.86. The smallest absolute Gasteiger partial charge is 0.130 e. The van der Waals surface area contributed by atoms with Crippen LogP contribution in [0.5, 0.6) is 0 Å². The summed E-state index contributed by atoms with van der Waals surface area (Å²) in [6, 6.07) is 7.48. The van der Waals surface area contributed by atoms with Crippen LogP contribution in [0, 0.1) is 0 Å². The molecular formula is C17H17F. The molecule has 0 saturated carbocycles. The van der Waals surface area contributed by atoms with Gasteiger partial charge in [0.15, 0.2) is 0 Å². The van der Waals surface area contributed by atoms with Gasteiger partial charge in [-0.2, -0.15) is 0 Å². The quantitative estimate of drug-likeness (QED) is 0.610. The first kappa shape index (κ1) is 13.9. The predicted octanol–water partition coefficient (Wildman–Crippen LogP) is 5.33. The van der Waals surface area contributed by atoms with Crippen molar-refractivity contribution in [2.24, 2.45) is 0 Å². The fraction of sp³-hybridized carbons (Fsp3) is 0.0588. The molecular weight excluding hydrogens is 223 g/mol. The van der Waals surface area contributed by atoms with E-state index in [0.717, 1.165) is 16.7 Å². The molecule has 0 amide bonds. The summed E-state index contributed by atoms with van der Waals surface area (Å²) in [4.78, 5) is 0. The number of hydrogen-bond acceptors (Lipinski definition) is 0. The Morgan fingerprint density at radius 2 is 1.89 bits per heavy atom. The number of hydrogen-bond donors (Lipinski definition) is 0. The van der Waals surface area contributed by atoms with E-state index in [9.17, 15) is 4.39 Å². The Morgan fingerprint density at radius 1 is 1.22 bits per heavy atom. The summed E-state index contributed by atoms with van der Waals surface area (Å²) in [5, 5.41) is 0. The minimum absolute atomic E-state index is 0.350. The first-order valence-electron chi connectivity index (χ1n) is 5.70. The largest absolute Gasteiger partial charge is 0.206 e. The molecule has 18 heavy (non-hydrogen) atoms. The Morgan fingerprint density at radius 3 is 2.50 bits per heavy atom. The SMILES string of the molecule is C=CC(=C)c1ccccc1/C=C(/F)C(=C)/C=C\C. The van der Waals surface area contributed by atoms with E-state index in [4.69, 9.17) is 0 Å². The van der Waals surface area contributed by atoms with Crippen LogP contribution in [0.3, 0.4) is 0 Å². The summed E-state index contributed by atoms with van der Waals surface area (Å²) < 4.78 is 13.9. The zero-order valence-corrected chi connectivity index (χ0v) is 10.6. The molecule has 0 aliphatic rings. The summed E-state index contributed by atoms with van der Waals surface area (Å²) in [5.41, 5.74) is 2.77. The second kappa shape index (κ2) is 6.55. The van der Waals surface area contributed by atoms with Crippen molar-refractivity contribution in [3.05, 3.63) is 84.8 Å². The van der Waals surface area contributed by atoms with Crippen molar-refractivity contribution in [1.82, 2.24) is 0 Å². The van der Waals surface area contributed by atoms with Gasteiger partial charge in [-0.05, 0) is 29.7 Å². The van der Waals surface area contributed by atoms with Gasteiger partial charge in [-0.25, -0.2) is 4.39 Å². The fourth-order valence-electron chi connectivity index (χ4n) is 1.54. The zero-order chi connectivity index (χ0) is 13.5. The van der Waals surface area contributed by atoms with Gasteiger partial charge in [0.2, 0.25) is 0 Å². The maximum atomic E-state index is 13.9. The van der Waals surface area contributed by atoms with Gasteiger partial charge in [0, 0.05) is 5.57 Å². The van der Waals surface area contributed by atoms with Crippen LogP contribution in [0.25, 0.3) is 11.6 Å². The Labute approximate surface area is 108 Å². The number of allylic oxidation sites excluding steroid dienone is 6. The van der Waals surface area contributed by atoms with Crippen molar-refractivity contribution in [2.45, 2.75) is 6.92 Å². The molecule has 0 fully saturated rings. The summed E-state index contributed by atoms with van der Waals surface area (Å²) in [6.45, 7) is 13.1. The third kappa shape index (κ3) is 3.42. The van der Waals surface area contributed by atoms with Crippen LogP contribution in [0.15, 0.2) is 73.6 Å². The molecule has 0 radical (unpaired) electrons. The van der Waals surface area contributed by atoms with Crippen LogP contribution in [-0.4, -0.2) is 0 Å². The van der Waals surface area contributed by atoms with Gasteiger partial charge in [-0.1, -0.05) is 62.2 Å². The van der Waals surface area contributed by atoms with E-state index in [1.54, 1.807) is 18.2 Å². The van der Waals surface area contributed by atoms with Gasteiger partial charge < -0.3 is 0 Å². The maximum Gasteiger partial charge on any atom is 0.130 e. The molecule has 1 rings (SSSR count). The minimum Gasteiger partial charge on any atom is -0.206 e. The predicted molar refractivity (Wildman–Crippen MR) is 78.7 cm³/mol. The highest BCUT2D eigenvalue weighted by molar-refractivity contribution is 5.79. The van der Waals surface area contributed by atoms with Crippen molar-refractivity contribution in [3.8, 4) is 0 Å². The molecule has 0 nitrogen and oxygen atoms in total. The van der Waals surface area contributed by atoms with Crippen molar-refractivity contribution in [1.29, 1.82) is 0 Å². The third-order valence-electron chi connectivity index (χ3n) is 2.51. The van der Waals surface area contributed by atoms with Crippen LogP contribution >= 0.6 is 0 Å². The van der Waals surface area contributed by atoms with Gasteiger partial charge in [0.25, 0.3) is 0 Å². The molecule has 0 bridgehead atoms. The molecule has 0 heterocycles. The fourth-order valence-corrected chi connectivity index (χ4v) is 1.54. The highest BCUT2D eigenvalue weighted by atomic mass is 19.1. The number of halogens is 1. The summed E-state index contributed by atoms with van der Waals surface area (Å²) in [7, 11) is 0. The first-order chi connectivity index (χ1) is 8.60. The Bertz CT molecular complexity index is 530. The van der Waals surface area contributed by atoms with E-state index in [1.165, 1.54) is 6.08 Å². The third-order valence-corrected chi connectivity index (χ3v) is 2.51. The standard InChI is InChI=1S/C17H17F/c1-5-9-14(4)17(18)12-15-10-7-8-11-16(15)13(3)6-2/h5-12H,2-4H2,1H3/b9-5-,17-12+. The highest BCUT2D eigenvalue weighted by Gasteiger charge is 2.04. The van der Waals surface area contributed by atoms with Gasteiger partial charge in [-0.3, -0.25) is 0 Å². The van der Waals surface area contributed by atoms with Gasteiger partial charge >= 0.3 is 0 Å². The number of benzene rings is 1. The Kier molecular flexibility index (Phi) is 5.06. The van der Waals surface area contributed by atoms with E-state index in [2.05, 4.69) is 19.7 Å². The summed E-state index contributed by atoms with van der Waals surface area (Å²) in [5.74, 6) is -0.350. The van der Waals surface area contributed by atoms with Crippen molar-refractivity contribution in [3.63, 3.8) is 0 Å². The highest BCUT2D eigenvalue weighted by Crippen LogP contribution is 2.23. The second-order valence-electron chi connectivity index (χ2n) is 3.83. The Balaban J connectivity index is 3.18. The molecule has 0 N–H and O–H groups in total.